The second-order valence-corrected chi connectivity index (χ2v) is 6.10. The molecule has 3 rings (SSSR count). The summed E-state index contributed by atoms with van der Waals surface area (Å²) < 4.78 is 24.0. The van der Waals surface area contributed by atoms with E-state index in [-0.39, 0.29) is 24.0 Å². The Morgan fingerprint density at radius 2 is 1.67 bits per heavy atom. The van der Waals surface area contributed by atoms with Gasteiger partial charge in [-0.2, -0.15) is 9.78 Å². The van der Waals surface area contributed by atoms with Gasteiger partial charge in [-0.3, -0.25) is 4.79 Å². The van der Waals surface area contributed by atoms with Gasteiger partial charge >= 0.3 is 0 Å². The molecule has 7 heteroatoms. The molecule has 0 spiro atoms. The Morgan fingerprint density at radius 3 is 2.33 bits per heavy atom. The van der Waals surface area contributed by atoms with Gasteiger partial charge in [0.2, 0.25) is 0 Å². The van der Waals surface area contributed by atoms with Crippen LogP contribution in [0.2, 0.25) is 5.02 Å². The molecule has 3 aromatic rings. The van der Waals surface area contributed by atoms with Crippen LogP contribution >= 0.6 is 11.6 Å². The predicted molar refractivity (Wildman–Crippen MR) is 101 cm³/mol. The molecule has 2 aromatic carbocycles. The lowest BCUT2D eigenvalue weighted by Gasteiger charge is -2.10. The summed E-state index contributed by atoms with van der Waals surface area (Å²) >= 11 is 6.17. The zero-order chi connectivity index (χ0) is 19.1. The van der Waals surface area contributed by atoms with Crippen LogP contribution in [-0.4, -0.2) is 23.1 Å². The van der Waals surface area contributed by atoms with Crippen LogP contribution in [0.1, 0.15) is 11.1 Å². The van der Waals surface area contributed by atoms with E-state index < -0.39 is 12.2 Å². The first kappa shape index (κ1) is 19.1. The van der Waals surface area contributed by atoms with E-state index in [1.165, 1.54) is 10.9 Å². The number of halogens is 2. The molecule has 0 atom stereocenters. The van der Waals surface area contributed by atoms with Gasteiger partial charge in [0.15, 0.2) is 10.8 Å². The van der Waals surface area contributed by atoms with Crippen LogP contribution in [0.3, 0.4) is 0 Å². The van der Waals surface area contributed by atoms with E-state index >= 15 is 0 Å². The minimum Gasteiger partial charge on any atom is -0.485 e. The van der Waals surface area contributed by atoms with Gasteiger partial charge in [0.1, 0.15) is 13.3 Å². The lowest BCUT2D eigenvalue weighted by Crippen LogP contribution is -2.21. The van der Waals surface area contributed by atoms with Crippen molar-refractivity contribution in [2.45, 2.75) is 13.2 Å². The van der Waals surface area contributed by atoms with Gasteiger partial charge in [0.25, 0.3) is 5.56 Å². The number of hydrogen-bond acceptors (Lipinski definition) is 4. The van der Waals surface area contributed by atoms with E-state index in [0.29, 0.717) is 12.3 Å². The topological polar surface area (TPSA) is 53.4 Å². The van der Waals surface area contributed by atoms with Crippen molar-refractivity contribution in [1.82, 2.24) is 9.78 Å². The van der Waals surface area contributed by atoms with Crippen LogP contribution in [0.5, 0.6) is 5.75 Å². The normalized spacial score (nSPS) is 10.7. The average Bonchev–Trinajstić information content (AvgIpc) is 2.71. The first-order valence-corrected chi connectivity index (χ1v) is 8.74. The third kappa shape index (κ3) is 4.93. The standard InChI is InChI=1S/C20H18ClFN2O3/c21-19-18(12-23-24(20(19)25)17-4-2-1-3-5-17)27-14-16-8-6-15(7-9-16)13-26-11-10-22/h1-9,12H,10-11,13-14H2. The molecule has 0 aliphatic carbocycles. The Morgan fingerprint density at radius 1 is 1.00 bits per heavy atom. The predicted octanol–water partition coefficient (Wildman–Crippen LogP) is 3.95. The molecule has 0 bridgehead atoms. The number of alkyl halides is 1. The number of ether oxygens (including phenoxy) is 2. The summed E-state index contributed by atoms with van der Waals surface area (Å²) in [7, 11) is 0. The smallest absolute Gasteiger partial charge is 0.294 e. The molecule has 0 fully saturated rings. The van der Waals surface area contributed by atoms with Crippen LogP contribution < -0.4 is 10.3 Å². The highest BCUT2D eigenvalue weighted by Gasteiger charge is 2.12. The molecule has 0 saturated heterocycles. The van der Waals surface area contributed by atoms with Crippen molar-refractivity contribution in [3.05, 3.63) is 87.3 Å². The molecule has 0 aliphatic heterocycles. The maximum atomic E-state index is 12.4. The maximum Gasteiger partial charge on any atom is 0.294 e. The zero-order valence-corrected chi connectivity index (χ0v) is 15.2. The quantitative estimate of drug-likeness (QED) is 0.548. The highest BCUT2D eigenvalue weighted by molar-refractivity contribution is 6.31. The van der Waals surface area contributed by atoms with Gasteiger partial charge in [-0.15, -0.1) is 0 Å². The summed E-state index contributed by atoms with van der Waals surface area (Å²) in [4.78, 5) is 12.4. The number of nitrogens with zero attached hydrogens (tertiary/aromatic N) is 2. The van der Waals surface area contributed by atoms with Crippen molar-refractivity contribution in [2.24, 2.45) is 0 Å². The molecule has 0 radical (unpaired) electrons. The maximum absolute atomic E-state index is 12.4. The molecule has 27 heavy (non-hydrogen) atoms. The Labute approximate surface area is 160 Å². The number of para-hydroxylation sites is 1. The SMILES string of the molecule is O=c1c(Cl)c(OCc2ccc(COCCF)cc2)cnn1-c1ccccc1. The van der Waals surface area contributed by atoms with Gasteiger partial charge in [-0.25, -0.2) is 4.39 Å². The molecule has 0 saturated carbocycles. The molecular weight excluding hydrogens is 371 g/mol. The molecule has 1 heterocycles. The molecule has 0 unspecified atom stereocenters. The fourth-order valence-electron chi connectivity index (χ4n) is 2.41. The Balaban J connectivity index is 1.66. The minimum absolute atomic E-state index is 0.0231. The highest BCUT2D eigenvalue weighted by Crippen LogP contribution is 2.21. The summed E-state index contributed by atoms with van der Waals surface area (Å²) in [6, 6.07) is 16.5. The van der Waals surface area contributed by atoms with Crippen LogP contribution in [0.25, 0.3) is 5.69 Å². The molecule has 5 nitrogen and oxygen atoms in total. The summed E-state index contributed by atoms with van der Waals surface area (Å²) in [5.74, 6) is 0.226. The molecule has 140 valence electrons. The first-order valence-electron chi connectivity index (χ1n) is 8.36. The van der Waals surface area contributed by atoms with Gasteiger partial charge in [-0.05, 0) is 23.3 Å². The third-order valence-electron chi connectivity index (χ3n) is 3.80. The van der Waals surface area contributed by atoms with Crippen molar-refractivity contribution in [3.8, 4) is 11.4 Å². The monoisotopic (exact) mass is 388 g/mol. The van der Waals surface area contributed by atoms with Crippen LogP contribution in [-0.2, 0) is 18.0 Å². The molecule has 0 amide bonds. The summed E-state index contributed by atoms with van der Waals surface area (Å²) in [5.41, 5.74) is 2.02. The summed E-state index contributed by atoms with van der Waals surface area (Å²) in [6.07, 6.45) is 1.43. The molecular formula is C20H18ClFN2O3. The zero-order valence-electron chi connectivity index (χ0n) is 14.5. The Kier molecular flexibility index (Phi) is 6.57. The second-order valence-electron chi connectivity index (χ2n) is 5.72. The van der Waals surface area contributed by atoms with E-state index in [0.717, 1.165) is 11.1 Å². The van der Waals surface area contributed by atoms with Gasteiger partial charge in [-0.1, -0.05) is 54.1 Å². The first-order chi connectivity index (χ1) is 13.2. The highest BCUT2D eigenvalue weighted by atomic mass is 35.5. The van der Waals surface area contributed by atoms with Crippen LogP contribution in [0, 0.1) is 0 Å². The van der Waals surface area contributed by atoms with Crippen molar-refractivity contribution < 1.29 is 13.9 Å². The van der Waals surface area contributed by atoms with Crippen LogP contribution in [0.4, 0.5) is 4.39 Å². The van der Waals surface area contributed by atoms with Crippen molar-refractivity contribution in [2.75, 3.05) is 13.3 Å². The van der Waals surface area contributed by atoms with E-state index in [4.69, 9.17) is 21.1 Å². The van der Waals surface area contributed by atoms with Gasteiger partial charge in [0.05, 0.1) is 25.1 Å². The number of aromatic nitrogens is 2. The van der Waals surface area contributed by atoms with E-state index in [1.807, 2.05) is 42.5 Å². The van der Waals surface area contributed by atoms with Crippen molar-refractivity contribution in [1.29, 1.82) is 0 Å². The number of rotatable bonds is 8. The van der Waals surface area contributed by atoms with Crippen molar-refractivity contribution in [3.63, 3.8) is 0 Å². The average molecular weight is 389 g/mol. The lowest BCUT2D eigenvalue weighted by molar-refractivity contribution is 0.106. The molecule has 0 aliphatic rings. The fraction of sp³-hybridized carbons (Fsp3) is 0.200. The molecule has 1 aromatic heterocycles. The number of hydrogen-bond donors (Lipinski definition) is 0. The minimum atomic E-state index is -0.496. The van der Waals surface area contributed by atoms with Crippen molar-refractivity contribution >= 4 is 11.6 Å². The van der Waals surface area contributed by atoms with E-state index in [2.05, 4.69) is 5.10 Å². The van der Waals surface area contributed by atoms with Gasteiger partial charge in [0, 0.05) is 0 Å². The Bertz CT molecular complexity index is 930. The largest absolute Gasteiger partial charge is 0.485 e. The molecule has 0 N–H and O–H groups in total. The third-order valence-corrected chi connectivity index (χ3v) is 4.14. The second kappa shape index (κ2) is 9.30. The van der Waals surface area contributed by atoms with Gasteiger partial charge < -0.3 is 9.47 Å². The van der Waals surface area contributed by atoms with E-state index in [9.17, 15) is 9.18 Å². The Hall–Kier alpha value is -2.70. The van der Waals surface area contributed by atoms with Crippen LogP contribution in [0.15, 0.2) is 65.6 Å². The number of benzene rings is 2. The lowest BCUT2D eigenvalue weighted by atomic mass is 10.1. The fourth-order valence-corrected chi connectivity index (χ4v) is 2.59. The van der Waals surface area contributed by atoms with E-state index in [1.54, 1.807) is 12.1 Å². The summed E-state index contributed by atoms with van der Waals surface area (Å²) in [5, 5.41) is 4.10. The summed E-state index contributed by atoms with van der Waals surface area (Å²) in [6.45, 7) is 0.189.